The lowest BCUT2D eigenvalue weighted by Gasteiger charge is -2.16. The number of carbonyl (C=O) groups excluding carboxylic acids is 1. The fraction of sp³-hybridized carbons (Fsp3) is 0.118. The van der Waals surface area contributed by atoms with Gasteiger partial charge in [-0.2, -0.15) is 0 Å². The van der Waals surface area contributed by atoms with Crippen molar-refractivity contribution in [2.75, 3.05) is 11.4 Å². The number of oxazole rings is 1. The molecule has 0 radical (unpaired) electrons. The lowest BCUT2D eigenvalue weighted by molar-refractivity contribution is 0.0985. The van der Waals surface area contributed by atoms with Crippen molar-refractivity contribution in [3.63, 3.8) is 0 Å². The molecule has 0 atom stereocenters. The Hall–Kier alpha value is -2.66. The van der Waals surface area contributed by atoms with E-state index >= 15 is 0 Å². The Bertz CT molecular complexity index is 891. The number of nitrogens with zero attached hydrogens (tertiary/aromatic N) is 3. The molecule has 0 N–H and O–H groups in total. The second kappa shape index (κ2) is 5.52. The van der Waals surface area contributed by atoms with Crippen LogP contribution in [0.25, 0.3) is 11.3 Å². The van der Waals surface area contributed by atoms with E-state index in [9.17, 15) is 4.79 Å². The molecule has 23 heavy (non-hydrogen) atoms. The van der Waals surface area contributed by atoms with E-state index in [-0.39, 0.29) is 11.6 Å². The molecule has 0 fully saturated rings. The highest BCUT2D eigenvalue weighted by molar-refractivity contribution is 6.33. The number of rotatable bonds is 2. The second-order valence-corrected chi connectivity index (χ2v) is 5.63. The minimum Gasteiger partial charge on any atom is -0.443 e. The Kier molecular flexibility index (Phi) is 3.35. The maximum absolute atomic E-state index is 12.9. The van der Waals surface area contributed by atoms with Gasteiger partial charge in [0.25, 0.3) is 5.91 Å². The topological polar surface area (TPSA) is 59.2 Å². The van der Waals surface area contributed by atoms with Crippen LogP contribution in [0.15, 0.2) is 53.5 Å². The summed E-state index contributed by atoms with van der Waals surface area (Å²) < 4.78 is 5.44. The maximum Gasteiger partial charge on any atom is 0.280 e. The predicted molar refractivity (Wildman–Crippen MR) is 86.6 cm³/mol. The molecule has 0 unspecified atom stereocenters. The van der Waals surface area contributed by atoms with Crippen LogP contribution in [0.3, 0.4) is 0 Å². The third-order valence-corrected chi connectivity index (χ3v) is 4.24. The Labute approximate surface area is 137 Å². The van der Waals surface area contributed by atoms with Crippen LogP contribution in [0.1, 0.15) is 16.1 Å². The Morgan fingerprint density at radius 1 is 1.26 bits per heavy atom. The fourth-order valence-corrected chi connectivity index (χ4v) is 3.02. The quantitative estimate of drug-likeness (QED) is 0.722. The van der Waals surface area contributed by atoms with E-state index < -0.39 is 0 Å². The average molecular weight is 326 g/mol. The first-order chi connectivity index (χ1) is 11.3. The molecule has 1 aliphatic rings. The summed E-state index contributed by atoms with van der Waals surface area (Å²) in [6, 6.07) is 9.07. The van der Waals surface area contributed by atoms with Crippen LogP contribution in [0, 0.1) is 0 Å². The molecule has 0 saturated heterocycles. The number of hydrogen-bond donors (Lipinski definition) is 0. The van der Waals surface area contributed by atoms with Crippen LogP contribution in [0.4, 0.5) is 5.69 Å². The highest BCUT2D eigenvalue weighted by Gasteiger charge is 2.30. The van der Waals surface area contributed by atoms with Crippen LogP contribution >= 0.6 is 11.6 Å². The van der Waals surface area contributed by atoms with Crippen molar-refractivity contribution in [1.29, 1.82) is 0 Å². The number of hydrogen-bond acceptors (Lipinski definition) is 4. The van der Waals surface area contributed by atoms with Crippen molar-refractivity contribution in [2.45, 2.75) is 6.42 Å². The summed E-state index contributed by atoms with van der Waals surface area (Å²) in [5, 5.41) is 0.518. The van der Waals surface area contributed by atoms with Crippen molar-refractivity contribution in [2.24, 2.45) is 0 Å². The van der Waals surface area contributed by atoms with E-state index in [0.717, 1.165) is 17.7 Å². The van der Waals surface area contributed by atoms with Gasteiger partial charge < -0.3 is 9.32 Å². The first-order valence-electron chi connectivity index (χ1n) is 7.19. The summed E-state index contributed by atoms with van der Waals surface area (Å²) in [4.78, 5) is 22.8. The van der Waals surface area contributed by atoms with Crippen LogP contribution in [0.5, 0.6) is 0 Å². The molecule has 0 spiro atoms. The summed E-state index contributed by atoms with van der Waals surface area (Å²) in [5.41, 5.74) is 2.86. The molecule has 1 aliphatic heterocycles. The highest BCUT2D eigenvalue weighted by Crippen LogP contribution is 2.33. The van der Waals surface area contributed by atoms with E-state index in [1.54, 1.807) is 23.4 Å². The Morgan fingerprint density at radius 2 is 2.13 bits per heavy atom. The zero-order valence-electron chi connectivity index (χ0n) is 12.1. The van der Waals surface area contributed by atoms with Crippen molar-refractivity contribution in [3.8, 4) is 11.3 Å². The third-order valence-electron chi connectivity index (χ3n) is 3.91. The van der Waals surface area contributed by atoms with Gasteiger partial charge in [-0.05, 0) is 30.2 Å². The van der Waals surface area contributed by atoms with Gasteiger partial charge >= 0.3 is 0 Å². The van der Waals surface area contributed by atoms with Crippen LogP contribution in [-0.4, -0.2) is 22.4 Å². The molecule has 3 heterocycles. The molecule has 0 saturated carbocycles. The summed E-state index contributed by atoms with van der Waals surface area (Å²) in [6.45, 7) is 0.606. The molecule has 4 rings (SSSR count). The van der Waals surface area contributed by atoms with Gasteiger partial charge in [-0.15, -0.1) is 0 Å². The molecule has 3 aromatic rings. The van der Waals surface area contributed by atoms with Gasteiger partial charge in [0.15, 0.2) is 17.8 Å². The largest absolute Gasteiger partial charge is 0.443 e. The molecular formula is C17H12ClN3O2. The monoisotopic (exact) mass is 325 g/mol. The number of fused-ring (bicyclic) bond motifs is 1. The third kappa shape index (κ3) is 2.29. The van der Waals surface area contributed by atoms with Gasteiger partial charge in [0.05, 0.1) is 10.7 Å². The van der Waals surface area contributed by atoms with Gasteiger partial charge in [0.2, 0.25) is 0 Å². The molecule has 5 nitrogen and oxygen atoms in total. The van der Waals surface area contributed by atoms with E-state index in [0.29, 0.717) is 22.9 Å². The van der Waals surface area contributed by atoms with E-state index in [1.807, 2.05) is 24.3 Å². The molecule has 1 amide bonds. The number of pyridine rings is 1. The standard InChI is InChI=1S/C17H12ClN3O2/c18-13-4-2-1-3-12(13)16-15(20-10-23-16)17(22)21-8-6-11-9-19-7-5-14(11)21/h1-5,7,9-10H,6,8H2. The van der Waals surface area contributed by atoms with E-state index in [2.05, 4.69) is 9.97 Å². The number of benzene rings is 1. The van der Waals surface area contributed by atoms with Crippen molar-refractivity contribution < 1.29 is 9.21 Å². The molecule has 114 valence electrons. The van der Waals surface area contributed by atoms with Crippen molar-refractivity contribution >= 4 is 23.2 Å². The second-order valence-electron chi connectivity index (χ2n) is 5.22. The van der Waals surface area contributed by atoms with Crippen LogP contribution in [-0.2, 0) is 6.42 Å². The lowest BCUT2D eigenvalue weighted by Crippen LogP contribution is -2.29. The highest BCUT2D eigenvalue weighted by atomic mass is 35.5. The predicted octanol–water partition coefficient (Wildman–Crippen LogP) is 3.59. The minimum absolute atomic E-state index is 0.196. The smallest absolute Gasteiger partial charge is 0.280 e. The van der Waals surface area contributed by atoms with Gasteiger partial charge in [-0.3, -0.25) is 9.78 Å². The average Bonchev–Trinajstić information content (AvgIpc) is 3.22. The molecule has 2 aromatic heterocycles. The number of carbonyl (C=O) groups is 1. The number of halogens is 1. The SMILES string of the molecule is O=C(c1ncoc1-c1ccccc1Cl)N1CCc2cnccc21. The van der Waals surface area contributed by atoms with Crippen molar-refractivity contribution in [3.05, 3.63) is 65.4 Å². The number of anilines is 1. The first kappa shape index (κ1) is 14.0. The maximum atomic E-state index is 12.9. The zero-order chi connectivity index (χ0) is 15.8. The molecule has 1 aromatic carbocycles. The van der Waals surface area contributed by atoms with Crippen molar-refractivity contribution in [1.82, 2.24) is 9.97 Å². The molecule has 0 aliphatic carbocycles. The number of aromatic nitrogens is 2. The van der Waals surface area contributed by atoms with Gasteiger partial charge in [0, 0.05) is 24.5 Å². The normalized spacial score (nSPS) is 13.2. The van der Waals surface area contributed by atoms with Crippen LogP contribution in [0.2, 0.25) is 5.02 Å². The fourth-order valence-electron chi connectivity index (χ4n) is 2.80. The summed E-state index contributed by atoms with van der Waals surface area (Å²) in [6.07, 6.45) is 5.53. The van der Waals surface area contributed by atoms with E-state index in [1.165, 1.54) is 6.39 Å². The summed E-state index contributed by atoms with van der Waals surface area (Å²) >= 11 is 6.21. The number of amides is 1. The first-order valence-corrected chi connectivity index (χ1v) is 7.56. The lowest BCUT2D eigenvalue weighted by atomic mass is 10.1. The minimum atomic E-state index is -0.196. The Balaban J connectivity index is 1.75. The molecule has 6 heteroatoms. The van der Waals surface area contributed by atoms with Gasteiger partial charge in [-0.25, -0.2) is 4.98 Å². The van der Waals surface area contributed by atoms with Gasteiger partial charge in [-0.1, -0.05) is 23.7 Å². The zero-order valence-corrected chi connectivity index (χ0v) is 12.8. The molecule has 0 bridgehead atoms. The summed E-state index contributed by atoms with van der Waals surface area (Å²) in [7, 11) is 0. The van der Waals surface area contributed by atoms with Gasteiger partial charge in [0.1, 0.15) is 0 Å². The molecular weight excluding hydrogens is 314 g/mol. The summed E-state index contributed by atoms with van der Waals surface area (Å²) in [5.74, 6) is 0.196. The van der Waals surface area contributed by atoms with E-state index in [4.69, 9.17) is 16.0 Å². The van der Waals surface area contributed by atoms with Crippen LogP contribution < -0.4 is 4.90 Å². The Morgan fingerprint density at radius 3 is 3.00 bits per heavy atom.